The molecule has 34 heavy (non-hydrogen) atoms. The molecule has 0 fully saturated rings. The Kier molecular flexibility index (Phi) is 6.92. The van der Waals surface area contributed by atoms with Crippen LogP contribution < -0.4 is 14.8 Å². The monoisotopic (exact) mass is 457 g/mol. The third kappa shape index (κ3) is 5.09. The van der Waals surface area contributed by atoms with Gasteiger partial charge in [-0.1, -0.05) is 12.1 Å². The SMILES string of the molecule is COc1ccc(CNC(=O)c2cccc(Oc3ccnc(C4=C(C)OCC=C4C)c3)c2C)cn1. The number of pyridine rings is 2. The Morgan fingerprint density at radius 2 is 1.97 bits per heavy atom. The number of hydrogen-bond acceptors (Lipinski definition) is 6. The van der Waals surface area contributed by atoms with Crippen LogP contribution in [0.25, 0.3) is 5.57 Å². The summed E-state index contributed by atoms with van der Waals surface area (Å²) >= 11 is 0. The molecule has 0 saturated heterocycles. The van der Waals surface area contributed by atoms with Crippen LogP contribution in [0, 0.1) is 6.92 Å². The molecule has 1 aromatic carbocycles. The van der Waals surface area contributed by atoms with Gasteiger partial charge in [0.15, 0.2) is 0 Å². The Morgan fingerprint density at radius 3 is 2.71 bits per heavy atom. The lowest BCUT2D eigenvalue weighted by Gasteiger charge is -2.18. The van der Waals surface area contributed by atoms with Crippen molar-refractivity contribution in [3.63, 3.8) is 0 Å². The van der Waals surface area contributed by atoms with Gasteiger partial charge >= 0.3 is 0 Å². The van der Waals surface area contributed by atoms with E-state index in [1.807, 2.05) is 51.1 Å². The molecule has 174 valence electrons. The van der Waals surface area contributed by atoms with Crippen molar-refractivity contribution in [2.75, 3.05) is 13.7 Å². The van der Waals surface area contributed by atoms with E-state index in [0.717, 1.165) is 33.7 Å². The minimum absolute atomic E-state index is 0.185. The van der Waals surface area contributed by atoms with Gasteiger partial charge in [0.05, 0.1) is 12.8 Å². The average molecular weight is 458 g/mol. The van der Waals surface area contributed by atoms with Gasteiger partial charge in [0.25, 0.3) is 5.91 Å². The third-order valence-electron chi connectivity index (χ3n) is 5.64. The van der Waals surface area contributed by atoms with Gasteiger partial charge < -0.3 is 19.5 Å². The number of carbonyl (C=O) groups is 1. The van der Waals surface area contributed by atoms with E-state index >= 15 is 0 Å². The van der Waals surface area contributed by atoms with E-state index in [-0.39, 0.29) is 5.91 Å². The standard InChI is InChI=1S/C27H27N3O4/c1-17-11-13-33-19(3)26(17)23-14-21(10-12-28-23)34-24-7-5-6-22(18(24)2)27(31)30-16-20-8-9-25(32-4)29-15-20/h5-12,14-15H,13,16H2,1-4H3,(H,30,31). The summed E-state index contributed by atoms with van der Waals surface area (Å²) in [6.45, 7) is 6.79. The summed E-state index contributed by atoms with van der Waals surface area (Å²) in [4.78, 5) is 21.5. The van der Waals surface area contributed by atoms with E-state index in [0.29, 0.717) is 36.1 Å². The topological polar surface area (TPSA) is 82.6 Å². The third-order valence-corrected chi connectivity index (χ3v) is 5.64. The molecule has 0 atom stereocenters. The van der Waals surface area contributed by atoms with E-state index < -0.39 is 0 Å². The summed E-state index contributed by atoms with van der Waals surface area (Å²) in [7, 11) is 1.56. The van der Waals surface area contributed by atoms with Gasteiger partial charge in [-0.05, 0) is 56.2 Å². The van der Waals surface area contributed by atoms with Crippen LogP contribution in [-0.2, 0) is 11.3 Å². The number of methoxy groups -OCH3 is 1. The molecule has 0 saturated carbocycles. The van der Waals surface area contributed by atoms with Crippen LogP contribution in [0.4, 0.5) is 0 Å². The predicted molar refractivity (Wildman–Crippen MR) is 130 cm³/mol. The highest BCUT2D eigenvalue weighted by Crippen LogP contribution is 2.32. The molecular formula is C27H27N3O4. The smallest absolute Gasteiger partial charge is 0.251 e. The number of hydrogen-bond donors (Lipinski definition) is 1. The quantitative estimate of drug-likeness (QED) is 0.524. The van der Waals surface area contributed by atoms with E-state index in [9.17, 15) is 4.79 Å². The molecule has 7 nitrogen and oxygen atoms in total. The maximum Gasteiger partial charge on any atom is 0.251 e. The number of rotatable bonds is 7. The molecule has 3 heterocycles. The van der Waals surface area contributed by atoms with Crippen LogP contribution in [-0.4, -0.2) is 29.6 Å². The molecule has 0 unspecified atom stereocenters. The number of nitrogens with one attached hydrogen (secondary N) is 1. The lowest BCUT2D eigenvalue weighted by atomic mass is 10.0. The molecule has 1 aliphatic heterocycles. The molecular weight excluding hydrogens is 430 g/mol. The van der Waals surface area contributed by atoms with Gasteiger partial charge in [-0.15, -0.1) is 0 Å². The van der Waals surface area contributed by atoms with Crippen molar-refractivity contribution in [2.45, 2.75) is 27.3 Å². The fourth-order valence-electron chi connectivity index (χ4n) is 3.75. The maximum absolute atomic E-state index is 12.9. The van der Waals surface area contributed by atoms with Gasteiger partial charge in [0, 0.05) is 47.8 Å². The minimum Gasteiger partial charge on any atom is -0.493 e. The molecule has 3 aromatic rings. The zero-order valence-corrected chi connectivity index (χ0v) is 19.7. The second-order valence-corrected chi connectivity index (χ2v) is 7.93. The van der Waals surface area contributed by atoms with Crippen molar-refractivity contribution >= 4 is 11.5 Å². The summed E-state index contributed by atoms with van der Waals surface area (Å²) in [6, 6.07) is 12.7. The fraction of sp³-hybridized carbons (Fsp3) is 0.222. The average Bonchev–Trinajstić information content (AvgIpc) is 2.84. The van der Waals surface area contributed by atoms with Gasteiger partial charge in [0.1, 0.15) is 23.9 Å². The summed E-state index contributed by atoms with van der Waals surface area (Å²) < 4.78 is 16.9. The predicted octanol–water partition coefficient (Wildman–Crippen LogP) is 5.22. The first-order valence-electron chi connectivity index (χ1n) is 11.0. The van der Waals surface area contributed by atoms with Crippen LogP contribution >= 0.6 is 0 Å². The maximum atomic E-state index is 12.9. The van der Waals surface area contributed by atoms with Gasteiger partial charge in [-0.25, -0.2) is 4.98 Å². The number of aromatic nitrogens is 2. The number of ether oxygens (including phenoxy) is 3. The Morgan fingerprint density at radius 1 is 1.12 bits per heavy atom. The zero-order chi connectivity index (χ0) is 24.1. The number of amides is 1. The van der Waals surface area contributed by atoms with Crippen molar-refractivity contribution in [1.29, 1.82) is 0 Å². The number of benzene rings is 1. The highest BCUT2D eigenvalue weighted by molar-refractivity contribution is 5.96. The molecule has 0 bridgehead atoms. The highest BCUT2D eigenvalue weighted by atomic mass is 16.5. The van der Waals surface area contributed by atoms with Gasteiger partial charge in [-0.2, -0.15) is 0 Å². The number of allylic oxidation sites excluding steroid dienone is 3. The Hall–Kier alpha value is -4.13. The first kappa shape index (κ1) is 23.0. The van der Waals surface area contributed by atoms with E-state index in [1.54, 1.807) is 37.7 Å². The molecule has 2 aromatic heterocycles. The van der Waals surface area contributed by atoms with Crippen molar-refractivity contribution in [2.24, 2.45) is 0 Å². The fourth-order valence-corrected chi connectivity index (χ4v) is 3.75. The number of nitrogens with zero attached hydrogens (tertiary/aromatic N) is 2. The summed E-state index contributed by atoms with van der Waals surface area (Å²) in [5.41, 5.74) is 5.04. The van der Waals surface area contributed by atoms with Crippen LogP contribution in [0.5, 0.6) is 17.4 Å². The lowest BCUT2D eigenvalue weighted by molar-refractivity contribution is 0.0950. The van der Waals surface area contributed by atoms with E-state index in [1.165, 1.54) is 0 Å². The second-order valence-electron chi connectivity index (χ2n) is 7.93. The molecule has 1 N–H and O–H groups in total. The summed E-state index contributed by atoms with van der Waals surface area (Å²) in [5.74, 6) is 2.42. The van der Waals surface area contributed by atoms with Crippen molar-refractivity contribution in [3.05, 3.63) is 94.7 Å². The van der Waals surface area contributed by atoms with Crippen LogP contribution in [0.15, 0.2) is 72.3 Å². The lowest BCUT2D eigenvalue weighted by Crippen LogP contribution is -2.23. The summed E-state index contributed by atoms with van der Waals surface area (Å²) in [6.07, 6.45) is 5.42. The first-order valence-corrected chi connectivity index (χ1v) is 11.0. The largest absolute Gasteiger partial charge is 0.493 e. The molecule has 7 heteroatoms. The van der Waals surface area contributed by atoms with Crippen LogP contribution in [0.2, 0.25) is 0 Å². The first-order chi connectivity index (χ1) is 16.5. The van der Waals surface area contributed by atoms with Gasteiger partial charge in [-0.3, -0.25) is 9.78 Å². The van der Waals surface area contributed by atoms with E-state index in [4.69, 9.17) is 14.2 Å². The highest BCUT2D eigenvalue weighted by Gasteiger charge is 2.17. The van der Waals surface area contributed by atoms with E-state index in [2.05, 4.69) is 15.3 Å². The Balaban J connectivity index is 1.50. The Bertz CT molecular complexity index is 1260. The molecule has 0 radical (unpaired) electrons. The Labute approximate surface area is 199 Å². The normalized spacial score (nSPS) is 13.1. The van der Waals surface area contributed by atoms with Crippen molar-refractivity contribution < 1.29 is 19.0 Å². The van der Waals surface area contributed by atoms with Crippen molar-refractivity contribution in [3.8, 4) is 17.4 Å². The molecule has 0 spiro atoms. The molecule has 1 amide bonds. The van der Waals surface area contributed by atoms with Crippen LogP contribution in [0.1, 0.15) is 41.0 Å². The molecule has 0 aliphatic carbocycles. The summed E-state index contributed by atoms with van der Waals surface area (Å²) in [5, 5.41) is 2.93. The second kappa shape index (κ2) is 10.2. The zero-order valence-electron chi connectivity index (χ0n) is 19.7. The number of carbonyl (C=O) groups excluding carboxylic acids is 1. The minimum atomic E-state index is -0.185. The molecule has 4 rings (SSSR count). The van der Waals surface area contributed by atoms with Crippen molar-refractivity contribution in [1.82, 2.24) is 15.3 Å². The molecule has 1 aliphatic rings. The van der Waals surface area contributed by atoms with Gasteiger partial charge in [0.2, 0.25) is 5.88 Å². The van der Waals surface area contributed by atoms with Crippen LogP contribution in [0.3, 0.4) is 0 Å².